The zero-order valence-electron chi connectivity index (χ0n) is 18.5. The van der Waals surface area contributed by atoms with Crippen molar-refractivity contribution in [1.82, 2.24) is 0 Å². The number of hydrogen-bond acceptors (Lipinski definition) is 7. The van der Waals surface area contributed by atoms with E-state index in [-0.39, 0.29) is 0 Å². The third-order valence-corrected chi connectivity index (χ3v) is 4.62. The second kappa shape index (κ2) is 10.6. The highest BCUT2D eigenvalue weighted by Crippen LogP contribution is 2.43. The van der Waals surface area contributed by atoms with Gasteiger partial charge in [-0.15, -0.1) is 0 Å². The van der Waals surface area contributed by atoms with Gasteiger partial charge in [0, 0.05) is 0 Å². The highest BCUT2D eigenvalue weighted by molar-refractivity contribution is 5.62. The molecule has 0 aliphatic rings. The molecule has 0 fully saturated rings. The van der Waals surface area contributed by atoms with Gasteiger partial charge in [-0.1, -0.05) is 12.2 Å². The Morgan fingerprint density at radius 2 is 1.20 bits per heavy atom. The van der Waals surface area contributed by atoms with Crippen LogP contribution >= 0.6 is 0 Å². The molecule has 0 saturated heterocycles. The van der Waals surface area contributed by atoms with E-state index in [9.17, 15) is 5.11 Å². The molecule has 30 heavy (non-hydrogen) atoms. The lowest BCUT2D eigenvalue weighted by molar-refractivity contribution is 0.0431. The zero-order chi connectivity index (χ0) is 22.3. The predicted octanol–water partition coefficient (Wildman–Crippen LogP) is 4.26. The average Bonchev–Trinajstić information content (AvgIpc) is 2.77. The molecule has 7 heteroatoms. The molecule has 164 valence electrons. The average molecular weight is 418 g/mol. The Labute approximate surface area is 177 Å². The lowest BCUT2D eigenvalue weighted by Gasteiger charge is -2.24. The molecule has 1 N–H and O–H groups in total. The molecule has 2 aromatic carbocycles. The van der Waals surface area contributed by atoms with Crippen molar-refractivity contribution in [3.05, 3.63) is 41.5 Å². The fourth-order valence-corrected chi connectivity index (χ4v) is 3.10. The van der Waals surface area contributed by atoms with Crippen LogP contribution in [0.25, 0.3) is 6.08 Å². The molecule has 2 atom stereocenters. The van der Waals surface area contributed by atoms with Crippen LogP contribution < -0.4 is 28.4 Å². The van der Waals surface area contributed by atoms with Gasteiger partial charge in [0.15, 0.2) is 23.0 Å². The summed E-state index contributed by atoms with van der Waals surface area (Å²) in [6.07, 6.45) is 2.24. The van der Waals surface area contributed by atoms with Crippen LogP contribution in [0.1, 0.15) is 31.1 Å². The van der Waals surface area contributed by atoms with Gasteiger partial charge in [0.25, 0.3) is 0 Å². The Morgan fingerprint density at radius 1 is 0.733 bits per heavy atom. The van der Waals surface area contributed by atoms with Crippen molar-refractivity contribution < 1.29 is 33.5 Å². The third-order valence-electron chi connectivity index (χ3n) is 4.62. The Balaban J connectivity index is 2.39. The molecule has 0 amide bonds. The van der Waals surface area contributed by atoms with Crippen molar-refractivity contribution in [2.24, 2.45) is 0 Å². The second-order valence-electron chi connectivity index (χ2n) is 6.48. The SMILES string of the molecule is C/C=C\c1cc(OC)c(O[C@H](C)[C@H](O)c2cc(OC)c(OC)c(OC)c2)c(OC)c1. The van der Waals surface area contributed by atoms with E-state index in [1.54, 1.807) is 33.3 Å². The van der Waals surface area contributed by atoms with E-state index in [0.29, 0.717) is 40.1 Å². The lowest BCUT2D eigenvalue weighted by atomic mass is 10.0. The Bertz CT molecular complexity index is 826. The normalized spacial score (nSPS) is 12.9. The summed E-state index contributed by atoms with van der Waals surface area (Å²) in [6, 6.07) is 7.07. The minimum absolute atomic E-state index is 0.409. The summed E-state index contributed by atoms with van der Waals surface area (Å²) in [5, 5.41) is 11.0. The van der Waals surface area contributed by atoms with Gasteiger partial charge >= 0.3 is 0 Å². The first-order valence-corrected chi connectivity index (χ1v) is 9.47. The van der Waals surface area contributed by atoms with Gasteiger partial charge in [0.2, 0.25) is 11.5 Å². The van der Waals surface area contributed by atoms with Gasteiger partial charge in [0.05, 0.1) is 35.5 Å². The van der Waals surface area contributed by atoms with Crippen molar-refractivity contribution in [2.45, 2.75) is 26.1 Å². The first-order chi connectivity index (χ1) is 14.4. The standard InChI is InChI=1S/C23H30O7/c1-8-9-15-10-17(25-3)23(18(11-15)26-4)30-14(2)21(24)16-12-19(27-5)22(29-7)20(13-16)28-6/h8-14,21,24H,1-7H3/b9-8-/t14-,21+/m1/s1. The van der Waals surface area contributed by atoms with Crippen LogP contribution in [0.2, 0.25) is 0 Å². The van der Waals surface area contributed by atoms with Crippen LogP contribution in [0.4, 0.5) is 0 Å². The number of hydrogen-bond donors (Lipinski definition) is 1. The van der Waals surface area contributed by atoms with Gasteiger partial charge in [0.1, 0.15) is 12.2 Å². The minimum atomic E-state index is -0.983. The van der Waals surface area contributed by atoms with Crippen molar-refractivity contribution in [2.75, 3.05) is 35.5 Å². The molecule has 0 unspecified atom stereocenters. The largest absolute Gasteiger partial charge is 0.493 e. The maximum Gasteiger partial charge on any atom is 0.203 e. The monoisotopic (exact) mass is 418 g/mol. The molecule has 0 bridgehead atoms. The smallest absolute Gasteiger partial charge is 0.203 e. The van der Waals surface area contributed by atoms with E-state index in [1.807, 2.05) is 31.2 Å². The quantitative estimate of drug-likeness (QED) is 0.618. The highest BCUT2D eigenvalue weighted by Gasteiger charge is 2.25. The summed E-state index contributed by atoms with van der Waals surface area (Å²) >= 11 is 0. The van der Waals surface area contributed by atoms with E-state index >= 15 is 0 Å². The summed E-state index contributed by atoms with van der Waals surface area (Å²) in [6.45, 7) is 3.69. The van der Waals surface area contributed by atoms with Gasteiger partial charge < -0.3 is 33.5 Å². The lowest BCUT2D eigenvalue weighted by Crippen LogP contribution is -2.22. The zero-order valence-corrected chi connectivity index (χ0v) is 18.5. The molecule has 2 aromatic rings. The molecule has 7 nitrogen and oxygen atoms in total. The van der Waals surface area contributed by atoms with Gasteiger partial charge in [-0.3, -0.25) is 0 Å². The Kier molecular flexibility index (Phi) is 8.24. The van der Waals surface area contributed by atoms with E-state index in [0.717, 1.165) is 5.56 Å². The van der Waals surface area contributed by atoms with Crippen LogP contribution in [0.5, 0.6) is 34.5 Å². The van der Waals surface area contributed by atoms with Crippen molar-refractivity contribution in [3.8, 4) is 34.5 Å². The summed E-state index contributed by atoms with van der Waals surface area (Å²) in [4.78, 5) is 0. The number of rotatable bonds is 10. The molecule has 2 rings (SSSR count). The Hall–Kier alpha value is -3.06. The molecule has 0 aliphatic heterocycles. The number of aliphatic hydroxyl groups excluding tert-OH is 1. The molecule has 0 aromatic heterocycles. The molecular weight excluding hydrogens is 388 g/mol. The maximum atomic E-state index is 11.0. The summed E-state index contributed by atoms with van der Waals surface area (Å²) in [5.74, 6) is 2.77. The molecule has 0 heterocycles. The fraction of sp³-hybridized carbons (Fsp3) is 0.391. The van der Waals surface area contributed by atoms with Crippen LogP contribution in [0, 0.1) is 0 Å². The molecule has 0 aliphatic carbocycles. The maximum absolute atomic E-state index is 11.0. The first kappa shape index (κ1) is 23.2. The molecule has 0 spiro atoms. The van der Waals surface area contributed by atoms with Gasteiger partial charge in [-0.2, -0.15) is 0 Å². The fourth-order valence-electron chi connectivity index (χ4n) is 3.10. The number of benzene rings is 2. The number of allylic oxidation sites excluding steroid dienone is 1. The minimum Gasteiger partial charge on any atom is -0.493 e. The van der Waals surface area contributed by atoms with E-state index < -0.39 is 12.2 Å². The van der Waals surface area contributed by atoms with Crippen molar-refractivity contribution in [1.29, 1.82) is 0 Å². The highest BCUT2D eigenvalue weighted by atomic mass is 16.6. The van der Waals surface area contributed by atoms with Gasteiger partial charge in [-0.05, 0) is 49.2 Å². The van der Waals surface area contributed by atoms with Crippen LogP contribution in [-0.2, 0) is 0 Å². The summed E-state index contributed by atoms with van der Waals surface area (Å²) in [5.41, 5.74) is 1.47. The van der Waals surface area contributed by atoms with E-state index in [2.05, 4.69) is 0 Å². The van der Waals surface area contributed by atoms with Crippen LogP contribution in [-0.4, -0.2) is 46.8 Å². The molecule has 0 saturated carbocycles. The van der Waals surface area contributed by atoms with Crippen LogP contribution in [0.15, 0.2) is 30.3 Å². The first-order valence-electron chi connectivity index (χ1n) is 9.47. The number of ether oxygens (including phenoxy) is 6. The van der Waals surface area contributed by atoms with Crippen molar-refractivity contribution in [3.63, 3.8) is 0 Å². The van der Waals surface area contributed by atoms with Crippen molar-refractivity contribution >= 4 is 6.08 Å². The Morgan fingerprint density at radius 3 is 1.60 bits per heavy atom. The second-order valence-corrected chi connectivity index (χ2v) is 6.48. The summed E-state index contributed by atoms with van der Waals surface area (Å²) in [7, 11) is 7.69. The van der Waals surface area contributed by atoms with Gasteiger partial charge in [-0.25, -0.2) is 0 Å². The number of methoxy groups -OCH3 is 5. The predicted molar refractivity (Wildman–Crippen MR) is 115 cm³/mol. The summed E-state index contributed by atoms with van der Waals surface area (Å²) < 4.78 is 33.1. The topological polar surface area (TPSA) is 75.6 Å². The van der Waals surface area contributed by atoms with E-state index in [4.69, 9.17) is 28.4 Å². The number of aliphatic hydroxyl groups is 1. The molecular formula is C23H30O7. The van der Waals surface area contributed by atoms with Crippen LogP contribution in [0.3, 0.4) is 0 Å². The molecule has 0 radical (unpaired) electrons. The van der Waals surface area contributed by atoms with E-state index in [1.165, 1.54) is 21.3 Å². The third kappa shape index (κ3) is 4.91.